The first kappa shape index (κ1) is 33.8. The summed E-state index contributed by atoms with van der Waals surface area (Å²) in [6.07, 6.45) is 3.39. The quantitative estimate of drug-likeness (QED) is 0.0679. The van der Waals surface area contributed by atoms with Crippen LogP contribution in [0.5, 0.6) is 0 Å². The maximum absolute atomic E-state index is 13.8. The van der Waals surface area contributed by atoms with Crippen LogP contribution in [0.1, 0.15) is 37.1 Å². The van der Waals surface area contributed by atoms with Crippen LogP contribution in [0.25, 0.3) is 17.0 Å². The van der Waals surface area contributed by atoms with Gasteiger partial charge in [-0.05, 0) is 66.2 Å². The molecule has 1 unspecified atom stereocenters. The van der Waals surface area contributed by atoms with Crippen LogP contribution >= 0.6 is 23.4 Å². The first-order valence-corrected chi connectivity index (χ1v) is 16.6. The predicted octanol–water partition coefficient (Wildman–Crippen LogP) is 8.40. The molecule has 0 aliphatic rings. The maximum Gasteiger partial charge on any atom is 0.337 e. The lowest BCUT2D eigenvalue weighted by Gasteiger charge is -2.18. The molecule has 0 aliphatic carbocycles. The van der Waals surface area contributed by atoms with Crippen molar-refractivity contribution in [2.24, 2.45) is 0 Å². The fourth-order valence-electron chi connectivity index (χ4n) is 5.17. The molecule has 0 aliphatic heterocycles. The summed E-state index contributed by atoms with van der Waals surface area (Å²) in [5, 5.41) is 18.1. The van der Waals surface area contributed by atoms with Crippen molar-refractivity contribution < 1.29 is 24.3 Å². The number of amides is 3. The van der Waals surface area contributed by atoms with E-state index in [0.29, 0.717) is 21.7 Å². The Balaban J connectivity index is 1.25. The van der Waals surface area contributed by atoms with Crippen molar-refractivity contribution in [1.29, 1.82) is 0 Å². The summed E-state index contributed by atoms with van der Waals surface area (Å²) in [7, 11) is 0. The summed E-state index contributed by atoms with van der Waals surface area (Å²) in [5.74, 6) is -2.58. The average Bonchev–Trinajstić information content (AvgIpc) is 3.54. The van der Waals surface area contributed by atoms with E-state index >= 15 is 0 Å². The van der Waals surface area contributed by atoms with Crippen LogP contribution in [0.15, 0.2) is 144 Å². The SMILES string of the molecule is O=C(Nc1cccc(SC(C(=O)Nc2ccc(Cl)c(C(=O)O)c2)c2ccccc2)c1)/C(=C/c1c[nH]c2ccccc12)NC(=O)c1ccccc1. The van der Waals surface area contributed by atoms with E-state index in [2.05, 4.69) is 20.9 Å². The van der Waals surface area contributed by atoms with Crippen LogP contribution < -0.4 is 16.0 Å². The molecule has 6 rings (SSSR count). The number of rotatable bonds is 11. The lowest BCUT2D eigenvalue weighted by Crippen LogP contribution is -2.30. The number of anilines is 2. The first-order valence-electron chi connectivity index (χ1n) is 15.4. The third-order valence-electron chi connectivity index (χ3n) is 7.60. The number of benzene rings is 5. The van der Waals surface area contributed by atoms with E-state index in [1.54, 1.807) is 60.8 Å². The van der Waals surface area contributed by atoms with E-state index in [1.165, 1.54) is 30.0 Å². The molecule has 9 nitrogen and oxygen atoms in total. The van der Waals surface area contributed by atoms with Crippen molar-refractivity contribution in [3.05, 3.63) is 167 Å². The van der Waals surface area contributed by atoms with Gasteiger partial charge < -0.3 is 26.0 Å². The van der Waals surface area contributed by atoms with Crippen LogP contribution in [0.2, 0.25) is 5.02 Å². The number of fused-ring (bicyclic) bond motifs is 1. The molecule has 0 saturated carbocycles. The lowest BCUT2D eigenvalue weighted by atomic mass is 10.1. The standard InChI is InChI=1S/C39H29ClN4O5S/c40-32-19-18-28(22-31(32)39(48)49)43-38(47)35(24-10-3-1-4-11-24)50-29-15-9-14-27(21-29)42-37(46)34(44-36(45)25-12-5-2-6-13-25)20-26-23-41-33-17-8-7-16-30(26)33/h1-23,35,41H,(H,42,46)(H,43,47)(H,44,45)(H,48,49)/b34-20-. The first-order chi connectivity index (χ1) is 24.2. The van der Waals surface area contributed by atoms with Crippen LogP contribution in [0.3, 0.4) is 0 Å². The van der Waals surface area contributed by atoms with E-state index < -0.39 is 23.0 Å². The zero-order valence-corrected chi connectivity index (χ0v) is 27.8. The fraction of sp³-hybridized carbons (Fsp3) is 0.0256. The van der Waals surface area contributed by atoms with E-state index in [9.17, 15) is 24.3 Å². The summed E-state index contributed by atoms with van der Waals surface area (Å²) in [6.45, 7) is 0. The number of carboxylic acid groups (broad SMARTS) is 1. The number of hydrogen-bond acceptors (Lipinski definition) is 5. The molecule has 0 saturated heterocycles. The van der Waals surface area contributed by atoms with Gasteiger partial charge in [0.15, 0.2) is 0 Å². The van der Waals surface area contributed by atoms with Gasteiger partial charge in [0.1, 0.15) is 10.9 Å². The highest BCUT2D eigenvalue weighted by atomic mass is 35.5. The summed E-state index contributed by atoms with van der Waals surface area (Å²) >= 11 is 7.27. The Bertz CT molecular complexity index is 2240. The zero-order valence-electron chi connectivity index (χ0n) is 26.2. The molecular formula is C39H29ClN4O5S. The molecule has 0 bridgehead atoms. The van der Waals surface area contributed by atoms with Gasteiger partial charge >= 0.3 is 5.97 Å². The Morgan fingerprint density at radius 1 is 0.760 bits per heavy atom. The van der Waals surface area contributed by atoms with Gasteiger partial charge in [0.25, 0.3) is 11.8 Å². The summed E-state index contributed by atoms with van der Waals surface area (Å²) in [6, 6.07) is 36.7. The van der Waals surface area contributed by atoms with Crippen molar-refractivity contribution in [2.75, 3.05) is 10.6 Å². The molecule has 0 radical (unpaired) electrons. The highest BCUT2D eigenvalue weighted by molar-refractivity contribution is 8.00. The van der Waals surface area contributed by atoms with Crippen molar-refractivity contribution in [1.82, 2.24) is 10.3 Å². The Labute approximate surface area is 296 Å². The number of thioether (sulfide) groups is 1. The molecule has 248 valence electrons. The summed E-state index contributed by atoms with van der Waals surface area (Å²) < 4.78 is 0. The number of hydrogen-bond donors (Lipinski definition) is 5. The summed E-state index contributed by atoms with van der Waals surface area (Å²) in [5.41, 5.74) is 3.34. The molecule has 3 amide bonds. The highest BCUT2D eigenvalue weighted by Gasteiger charge is 2.24. The Morgan fingerprint density at radius 3 is 2.22 bits per heavy atom. The van der Waals surface area contributed by atoms with Crippen molar-refractivity contribution >= 4 is 75.4 Å². The molecule has 50 heavy (non-hydrogen) atoms. The molecule has 6 aromatic rings. The highest BCUT2D eigenvalue weighted by Crippen LogP contribution is 2.37. The molecular weight excluding hydrogens is 672 g/mol. The number of nitrogens with one attached hydrogen (secondary N) is 4. The number of aromatic carboxylic acids is 1. The van der Waals surface area contributed by atoms with E-state index in [4.69, 9.17) is 11.6 Å². The minimum atomic E-state index is -1.21. The normalized spacial score (nSPS) is 11.8. The number of H-pyrrole nitrogens is 1. The Hall–Kier alpha value is -6.10. The number of para-hydroxylation sites is 1. The minimum absolute atomic E-state index is 0.0342. The number of aromatic amines is 1. The number of aromatic nitrogens is 1. The molecule has 1 aromatic heterocycles. The van der Waals surface area contributed by atoms with Crippen molar-refractivity contribution in [3.8, 4) is 0 Å². The smallest absolute Gasteiger partial charge is 0.337 e. The Morgan fingerprint density at radius 2 is 1.46 bits per heavy atom. The topological polar surface area (TPSA) is 140 Å². The van der Waals surface area contributed by atoms with E-state index in [-0.39, 0.29) is 27.9 Å². The van der Waals surface area contributed by atoms with Gasteiger partial charge in [-0.2, -0.15) is 0 Å². The zero-order chi connectivity index (χ0) is 35.0. The van der Waals surface area contributed by atoms with Crippen LogP contribution in [0.4, 0.5) is 11.4 Å². The van der Waals surface area contributed by atoms with Crippen LogP contribution in [-0.4, -0.2) is 33.8 Å². The third-order valence-corrected chi connectivity index (χ3v) is 9.18. The van der Waals surface area contributed by atoms with Gasteiger partial charge in [-0.1, -0.05) is 84.4 Å². The molecule has 11 heteroatoms. The van der Waals surface area contributed by atoms with Gasteiger partial charge in [0, 0.05) is 44.5 Å². The van der Waals surface area contributed by atoms with Crippen LogP contribution in [-0.2, 0) is 9.59 Å². The minimum Gasteiger partial charge on any atom is -0.478 e. The average molecular weight is 701 g/mol. The summed E-state index contributed by atoms with van der Waals surface area (Å²) in [4.78, 5) is 56.1. The Kier molecular flexibility index (Phi) is 10.4. The maximum atomic E-state index is 13.8. The van der Waals surface area contributed by atoms with Gasteiger partial charge in [-0.3, -0.25) is 14.4 Å². The second-order valence-electron chi connectivity index (χ2n) is 11.0. The molecule has 0 spiro atoms. The molecule has 0 fully saturated rings. The molecule has 5 N–H and O–H groups in total. The lowest BCUT2D eigenvalue weighted by molar-refractivity contribution is -0.116. The van der Waals surface area contributed by atoms with Crippen LogP contribution in [0, 0.1) is 0 Å². The third kappa shape index (κ3) is 8.12. The molecule has 5 aromatic carbocycles. The number of carbonyl (C=O) groups excluding carboxylic acids is 3. The number of carboxylic acids is 1. The molecule has 1 atom stereocenters. The van der Waals surface area contributed by atoms with Gasteiger partial charge in [-0.15, -0.1) is 11.8 Å². The second-order valence-corrected chi connectivity index (χ2v) is 12.6. The molecule has 1 heterocycles. The largest absolute Gasteiger partial charge is 0.478 e. The van der Waals surface area contributed by atoms with Gasteiger partial charge in [0.05, 0.1) is 10.6 Å². The van der Waals surface area contributed by atoms with E-state index in [1.807, 2.05) is 60.7 Å². The number of carbonyl (C=O) groups is 4. The van der Waals surface area contributed by atoms with Gasteiger partial charge in [-0.25, -0.2) is 4.79 Å². The van der Waals surface area contributed by atoms with Gasteiger partial charge in [0.2, 0.25) is 5.91 Å². The fourth-order valence-corrected chi connectivity index (χ4v) is 6.45. The number of halogens is 1. The second kappa shape index (κ2) is 15.4. The monoisotopic (exact) mass is 700 g/mol. The predicted molar refractivity (Wildman–Crippen MR) is 197 cm³/mol. The van der Waals surface area contributed by atoms with Crippen molar-refractivity contribution in [3.63, 3.8) is 0 Å². The van der Waals surface area contributed by atoms with E-state index in [0.717, 1.165) is 16.5 Å². The van der Waals surface area contributed by atoms with Crippen molar-refractivity contribution in [2.45, 2.75) is 10.1 Å².